The van der Waals surface area contributed by atoms with Crippen molar-refractivity contribution in [1.29, 1.82) is 0 Å². The lowest BCUT2D eigenvalue weighted by Crippen LogP contribution is -2.38. The van der Waals surface area contributed by atoms with Crippen molar-refractivity contribution < 1.29 is 19.4 Å². The number of amides is 1. The number of hydrogen-bond donors (Lipinski definition) is 1. The van der Waals surface area contributed by atoms with Crippen LogP contribution in [0.3, 0.4) is 0 Å². The molecule has 0 saturated carbocycles. The SMILES string of the molecule is CC(C)(Oc1ccc(C2CCN(C(=O)c3ccc(I)cc3)CC2)cc1)C(=O)O. The first kappa shape index (κ1) is 20.6. The third-order valence-electron chi connectivity index (χ3n) is 5.11. The zero-order valence-corrected chi connectivity index (χ0v) is 18.2. The number of piperidine rings is 1. The highest BCUT2D eigenvalue weighted by Crippen LogP contribution is 2.30. The number of rotatable bonds is 5. The molecule has 0 aromatic heterocycles. The highest BCUT2D eigenvalue weighted by atomic mass is 127. The van der Waals surface area contributed by atoms with Crippen molar-refractivity contribution in [2.45, 2.75) is 38.2 Å². The van der Waals surface area contributed by atoms with E-state index >= 15 is 0 Å². The second kappa shape index (κ2) is 8.51. The Morgan fingerprint density at radius 2 is 1.61 bits per heavy atom. The number of ether oxygens (including phenoxy) is 1. The van der Waals surface area contributed by atoms with Crippen LogP contribution in [0.2, 0.25) is 0 Å². The number of likely N-dealkylation sites (tertiary alicyclic amines) is 1. The van der Waals surface area contributed by atoms with Crippen molar-refractivity contribution >= 4 is 34.5 Å². The fourth-order valence-electron chi connectivity index (χ4n) is 3.34. The lowest BCUT2D eigenvalue weighted by Gasteiger charge is -2.32. The molecule has 0 radical (unpaired) electrons. The fraction of sp³-hybridized carbons (Fsp3) is 0.364. The smallest absolute Gasteiger partial charge is 0.347 e. The minimum Gasteiger partial charge on any atom is -0.478 e. The third-order valence-corrected chi connectivity index (χ3v) is 5.83. The van der Waals surface area contributed by atoms with Gasteiger partial charge in [0.1, 0.15) is 5.75 Å². The van der Waals surface area contributed by atoms with E-state index in [1.54, 1.807) is 0 Å². The fourth-order valence-corrected chi connectivity index (χ4v) is 3.70. The summed E-state index contributed by atoms with van der Waals surface area (Å²) in [7, 11) is 0. The average Bonchev–Trinajstić information content (AvgIpc) is 2.68. The highest BCUT2D eigenvalue weighted by molar-refractivity contribution is 14.1. The first-order chi connectivity index (χ1) is 13.3. The summed E-state index contributed by atoms with van der Waals surface area (Å²) in [6.07, 6.45) is 1.83. The van der Waals surface area contributed by atoms with E-state index in [4.69, 9.17) is 9.84 Å². The normalized spacial score (nSPS) is 15.3. The molecule has 2 aromatic carbocycles. The Morgan fingerprint density at radius 1 is 1.04 bits per heavy atom. The Kier molecular flexibility index (Phi) is 6.27. The van der Waals surface area contributed by atoms with E-state index < -0.39 is 11.6 Å². The van der Waals surface area contributed by atoms with Gasteiger partial charge in [-0.1, -0.05) is 12.1 Å². The van der Waals surface area contributed by atoms with E-state index in [-0.39, 0.29) is 5.91 Å². The molecule has 0 spiro atoms. The van der Waals surface area contributed by atoms with Gasteiger partial charge in [-0.3, -0.25) is 4.79 Å². The molecule has 0 bridgehead atoms. The molecule has 3 rings (SSSR count). The number of carboxylic acid groups (broad SMARTS) is 1. The summed E-state index contributed by atoms with van der Waals surface area (Å²) in [6.45, 7) is 4.53. The Bertz CT molecular complexity index is 838. The number of carbonyl (C=O) groups is 2. The lowest BCUT2D eigenvalue weighted by atomic mass is 9.89. The Hall–Kier alpha value is -2.09. The predicted octanol–water partition coefficient (Wildman–Crippen LogP) is 4.55. The second-order valence-electron chi connectivity index (χ2n) is 7.56. The van der Waals surface area contributed by atoms with E-state index in [1.165, 1.54) is 19.4 Å². The average molecular weight is 493 g/mol. The molecule has 6 heteroatoms. The topological polar surface area (TPSA) is 66.8 Å². The van der Waals surface area contributed by atoms with Gasteiger partial charge in [0.05, 0.1) is 0 Å². The summed E-state index contributed by atoms with van der Waals surface area (Å²) in [5, 5.41) is 9.17. The number of benzene rings is 2. The zero-order chi connectivity index (χ0) is 20.3. The highest BCUT2D eigenvalue weighted by Gasteiger charge is 2.29. The Labute approximate surface area is 178 Å². The van der Waals surface area contributed by atoms with Gasteiger partial charge < -0.3 is 14.7 Å². The summed E-state index contributed by atoms with van der Waals surface area (Å²) < 4.78 is 6.68. The van der Waals surface area contributed by atoms with Gasteiger partial charge in [0, 0.05) is 22.2 Å². The first-order valence-corrected chi connectivity index (χ1v) is 10.4. The number of carbonyl (C=O) groups excluding carboxylic acids is 1. The van der Waals surface area contributed by atoms with Gasteiger partial charge in [-0.2, -0.15) is 0 Å². The summed E-state index contributed by atoms with van der Waals surface area (Å²) in [4.78, 5) is 25.8. The van der Waals surface area contributed by atoms with E-state index in [0.717, 1.165) is 35.1 Å². The van der Waals surface area contributed by atoms with Crippen LogP contribution in [0, 0.1) is 3.57 Å². The van der Waals surface area contributed by atoms with Crippen molar-refractivity contribution in [3.8, 4) is 5.75 Å². The summed E-state index contributed by atoms with van der Waals surface area (Å²) >= 11 is 2.23. The minimum atomic E-state index is -1.26. The van der Waals surface area contributed by atoms with Gasteiger partial charge in [-0.15, -0.1) is 0 Å². The largest absolute Gasteiger partial charge is 0.478 e. The van der Waals surface area contributed by atoms with Crippen LogP contribution in [-0.4, -0.2) is 40.6 Å². The molecule has 1 aliphatic rings. The maximum absolute atomic E-state index is 12.6. The summed E-state index contributed by atoms with van der Waals surface area (Å²) in [5.41, 5.74) is 0.672. The number of carboxylic acids is 1. The van der Waals surface area contributed by atoms with Crippen molar-refractivity contribution in [3.63, 3.8) is 0 Å². The molecular weight excluding hydrogens is 469 g/mol. The number of nitrogens with zero attached hydrogens (tertiary/aromatic N) is 1. The van der Waals surface area contributed by atoms with Gasteiger partial charge in [0.25, 0.3) is 5.91 Å². The zero-order valence-electron chi connectivity index (χ0n) is 16.0. The van der Waals surface area contributed by atoms with Crippen LogP contribution in [0.1, 0.15) is 48.5 Å². The van der Waals surface area contributed by atoms with Gasteiger partial charge in [0.15, 0.2) is 5.60 Å². The van der Waals surface area contributed by atoms with E-state index in [2.05, 4.69) is 22.6 Å². The molecule has 5 nitrogen and oxygen atoms in total. The number of hydrogen-bond acceptors (Lipinski definition) is 3. The van der Waals surface area contributed by atoms with Crippen molar-refractivity contribution in [2.75, 3.05) is 13.1 Å². The van der Waals surface area contributed by atoms with Gasteiger partial charge in [0.2, 0.25) is 0 Å². The van der Waals surface area contributed by atoms with Gasteiger partial charge in [-0.25, -0.2) is 4.79 Å². The molecule has 148 valence electrons. The number of halogens is 1. The molecule has 0 unspecified atom stereocenters. The maximum Gasteiger partial charge on any atom is 0.347 e. The summed E-state index contributed by atoms with van der Waals surface area (Å²) in [6, 6.07) is 15.3. The molecule has 0 aliphatic carbocycles. The van der Waals surface area contributed by atoms with Gasteiger partial charge >= 0.3 is 5.97 Å². The second-order valence-corrected chi connectivity index (χ2v) is 8.81. The molecule has 1 heterocycles. The van der Waals surface area contributed by atoms with Crippen molar-refractivity contribution in [3.05, 3.63) is 63.2 Å². The van der Waals surface area contributed by atoms with E-state index in [9.17, 15) is 9.59 Å². The van der Waals surface area contributed by atoms with Crippen LogP contribution in [0.15, 0.2) is 48.5 Å². The summed E-state index contributed by atoms with van der Waals surface area (Å²) in [5.74, 6) is 0.0287. The molecular formula is C22H24INO4. The molecule has 2 aromatic rings. The molecule has 1 saturated heterocycles. The first-order valence-electron chi connectivity index (χ1n) is 9.33. The molecule has 0 atom stereocenters. The molecule has 1 amide bonds. The van der Waals surface area contributed by atoms with Crippen LogP contribution in [0.4, 0.5) is 0 Å². The molecule has 1 aliphatic heterocycles. The van der Waals surface area contributed by atoms with Crippen molar-refractivity contribution in [2.24, 2.45) is 0 Å². The molecule has 28 heavy (non-hydrogen) atoms. The maximum atomic E-state index is 12.6. The molecule has 1 fully saturated rings. The van der Waals surface area contributed by atoms with Crippen LogP contribution in [0.25, 0.3) is 0 Å². The predicted molar refractivity (Wildman–Crippen MR) is 116 cm³/mol. The van der Waals surface area contributed by atoms with E-state index in [1.807, 2.05) is 53.4 Å². The van der Waals surface area contributed by atoms with E-state index in [0.29, 0.717) is 11.7 Å². The Balaban J connectivity index is 1.58. The quantitative estimate of drug-likeness (QED) is 0.621. The van der Waals surface area contributed by atoms with Crippen molar-refractivity contribution in [1.82, 2.24) is 4.90 Å². The Morgan fingerprint density at radius 3 is 2.14 bits per heavy atom. The van der Waals surface area contributed by atoms with Crippen LogP contribution >= 0.6 is 22.6 Å². The van der Waals surface area contributed by atoms with Gasteiger partial charge in [-0.05, 0) is 97.2 Å². The monoisotopic (exact) mass is 493 g/mol. The lowest BCUT2D eigenvalue weighted by molar-refractivity contribution is -0.152. The molecule has 1 N–H and O–H groups in total. The minimum absolute atomic E-state index is 0.0921. The standard InChI is InChI=1S/C22H24INO4/c1-22(2,21(26)27)28-19-9-5-15(6-10-19)16-11-13-24(14-12-16)20(25)17-3-7-18(23)8-4-17/h3-10,16H,11-14H2,1-2H3,(H,26,27). The van der Waals surface area contributed by atoms with Crippen LogP contribution in [0.5, 0.6) is 5.75 Å². The van der Waals surface area contributed by atoms with Crippen LogP contribution < -0.4 is 4.74 Å². The van der Waals surface area contributed by atoms with Crippen LogP contribution in [-0.2, 0) is 4.79 Å². The third kappa shape index (κ3) is 4.84. The number of aliphatic carboxylic acids is 1.